The minimum atomic E-state index is -1.06. The van der Waals surface area contributed by atoms with Gasteiger partial charge >= 0.3 is 0 Å². The second kappa shape index (κ2) is 7.74. The van der Waals surface area contributed by atoms with Gasteiger partial charge in [-0.3, -0.25) is 24.5 Å². The molecule has 0 unspecified atom stereocenters. The first-order valence-corrected chi connectivity index (χ1v) is 10.2. The van der Waals surface area contributed by atoms with Crippen molar-refractivity contribution in [3.8, 4) is 0 Å². The zero-order valence-corrected chi connectivity index (χ0v) is 17.3. The Bertz CT molecular complexity index is 1240. The van der Waals surface area contributed by atoms with Crippen LogP contribution in [0.25, 0.3) is 0 Å². The molecule has 2 saturated heterocycles. The first-order chi connectivity index (χ1) is 15.5. The number of nitrogens with zero attached hydrogens (tertiary/aromatic N) is 3. The smallest absolute Gasteiger partial charge is 0.269 e. The molecule has 0 radical (unpaired) electrons. The third-order valence-corrected chi connectivity index (χ3v) is 5.85. The maximum atomic E-state index is 13.5. The second-order valence-corrected chi connectivity index (χ2v) is 7.94. The van der Waals surface area contributed by atoms with Crippen molar-refractivity contribution in [3.63, 3.8) is 0 Å². The fourth-order valence-electron chi connectivity index (χ4n) is 4.24. The fraction of sp³-hybridized carbons (Fsp3) is 0.130. The summed E-state index contributed by atoms with van der Waals surface area (Å²) in [4.78, 5) is 44.7. The van der Waals surface area contributed by atoms with Gasteiger partial charge in [0.2, 0.25) is 5.91 Å². The van der Waals surface area contributed by atoms with Crippen molar-refractivity contribution in [3.05, 3.63) is 99.6 Å². The molecule has 160 valence electrons. The molecule has 2 aliphatic rings. The number of halogens is 1. The number of amides is 2. The number of non-ortho nitro benzene ring substituents is 1. The number of fused-ring (bicyclic) bond motifs is 1. The summed E-state index contributed by atoms with van der Waals surface area (Å²) < 4.78 is 0. The average molecular weight is 450 g/mol. The van der Waals surface area contributed by atoms with Crippen molar-refractivity contribution in [1.29, 1.82) is 0 Å². The van der Waals surface area contributed by atoms with E-state index in [0.29, 0.717) is 22.0 Å². The highest BCUT2D eigenvalue weighted by Crippen LogP contribution is 2.48. The number of imide groups is 1. The number of benzene rings is 3. The second-order valence-electron chi connectivity index (χ2n) is 7.50. The van der Waals surface area contributed by atoms with Crippen LogP contribution in [0.1, 0.15) is 11.6 Å². The largest absolute Gasteiger partial charge is 0.273 e. The normalized spacial score (nSPS) is 22.3. The molecule has 0 N–H and O–H groups in total. The number of nitro groups is 1. The van der Waals surface area contributed by atoms with Gasteiger partial charge in [0, 0.05) is 17.2 Å². The van der Waals surface area contributed by atoms with Gasteiger partial charge < -0.3 is 0 Å². The Kier molecular flexibility index (Phi) is 4.88. The van der Waals surface area contributed by atoms with Crippen LogP contribution < -0.4 is 9.96 Å². The number of hydrogen-bond donors (Lipinski definition) is 0. The van der Waals surface area contributed by atoms with E-state index in [2.05, 4.69) is 0 Å². The maximum Gasteiger partial charge on any atom is 0.269 e. The molecule has 0 aliphatic carbocycles. The van der Waals surface area contributed by atoms with Gasteiger partial charge in [0.05, 0.1) is 22.3 Å². The van der Waals surface area contributed by atoms with Crippen LogP contribution in [0.3, 0.4) is 0 Å². The van der Waals surface area contributed by atoms with Gasteiger partial charge in [-0.2, -0.15) is 0 Å². The average Bonchev–Trinajstić information content (AvgIpc) is 3.30. The molecule has 3 aromatic rings. The van der Waals surface area contributed by atoms with E-state index in [9.17, 15) is 19.7 Å². The van der Waals surface area contributed by atoms with Gasteiger partial charge in [-0.25, -0.2) is 9.96 Å². The quantitative estimate of drug-likeness (QED) is 0.335. The van der Waals surface area contributed by atoms with Gasteiger partial charge in [0.25, 0.3) is 11.6 Å². The Balaban J connectivity index is 1.61. The molecular formula is C23H16ClN3O5. The molecule has 2 amide bonds. The lowest BCUT2D eigenvalue weighted by molar-refractivity contribution is -0.384. The van der Waals surface area contributed by atoms with E-state index in [-0.39, 0.29) is 5.69 Å². The molecule has 3 atom stereocenters. The summed E-state index contributed by atoms with van der Waals surface area (Å²) in [5, 5.41) is 13.2. The van der Waals surface area contributed by atoms with E-state index in [1.54, 1.807) is 54.6 Å². The van der Waals surface area contributed by atoms with Crippen LogP contribution in [0.5, 0.6) is 0 Å². The van der Waals surface area contributed by atoms with E-state index in [4.69, 9.17) is 16.4 Å². The SMILES string of the molecule is O=C1[C@H]2[C@@H](ON(c3ccccc3)[C@H]2c2cccc([N+](=O)[O-])c2)C(=O)N1c1cccc(Cl)c1. The molecule has 9 heteroatoms. The van der Waals surface area contributed by atoms with Gasteiger partial charge in [-0.1, -0.05) is 48.0 Å². The Morgan fingerprint density at radius 3 is 2.31 bits per heavy atom. The van der Waals surface area contributed by atoms with E-state index in [1.165, 1.54) is 23.3 Å². The first-order valence-electron chi connectivity index (χ1n) is 9.84. The number of anilines is 2. The Morgan fingerprint density at radius 2 is 1.59 bits per heavy atom. The summed E-state index contributed by atoms with van der Waals surface area (Å²) in [6, 6.07) is 20.8. The zero-order valence-electron chi connectivity index (χ0n) is 16.5. The lowest BCUT2D eigenvalue weighted by atomic mass is 9.90. The minimum absolute atomic E-state index is 0.109. The van der Waals surface area contributed by atoms with E-state index in [1.807, 2.05) is 6.07 Å². The number of hydrogen-bond acceptors (Lipinski definition) is 6. The summed E-state index contributed by atoms with van der Waals surface area (Å²) in [5.74, 6) is -1.84. The molecule has 32 heavy (non-hydrogen) atoms. The van der Waals surface area contributed by atoms with Gasteiger partial charge in [0.1, 0.15) is 5.92 Å². The van der Waals surface area contributed by atoms with Crippen LogP contribution in [-0.4, -0.2) is 22.8 Å². The van der Waals surface area contributed by atoms with Crippen molar-refractivity contribution >= 4 is 40.5 Å². The van der Waals surface area contributed by atoms with Gasteiger partial charge in [0.15, 0.2) is 6.10 Å². The van der Waals surface area contributed by atoms with Crippen LogP contribution in [0.4, 0.5) is 17.1 Å². The molecule has 0 aromatic heterocycles. The number of carbonyl (C=O) groups excluding carboxylic acids is 2. The number of hydroxylamine groups is 1. The lowest BCUT2D eigenvalue weighted by Crippen LogP contribution is -2.37. The summed E-state index contributed by atoms with van der Waals surface area (Å²) in [7, 11) is 0. The van der Waals surface area contributed by atoms with E-state index >= 15 is 0 Å². The van der Waals surface area contributed by atoms with Crippen LogP contribution in [0.2, 0.25) is 5.02 Å². The number of carbonyl (C=O) groups is 2. The number of para-hydroxylation sites is 1. The Labute approximate surface area is 187 Å². The highest BCUT2D eigenvalue weighted by Gasteiger charge is 2.60. The van der Waals surface area contributed by atoms with Crippen molar-refractivity contribution in [1.82, 2.24) is 0 Å². The third kappa shape index (κ3) is 3.21. The third-order valence-electron chi connectivity index (χ3n) is 5.62. The molecule has 2 fully saturated rings. The zero-order chi connectivity index (χ0) is 22.4. The molecule has 2 heterocycles. The monoisotopic (exact) mass is 449 g/mol. The van der Waals surface area contributed by atoms with Crippen LogP contribution >= 0.6 is 11.6 Å². The van der Waals surface area contributed by atoms with Crippen molar-refractivity contribution in [2.24, 2.45) is 5.92 Å². The molecule has 8 nitrogen and oxygen atoms in total. The molecule has 0 spiro atoms. The summed E-state index contributed by atoms with van der Waals surface area (Å²) in [5.41, 5.74) is 1.38. The predicted molar refractivity (Wildman–Crippen MR) is 117 cm³/mol. The highest BCUT2D eigenvalue weighted by molar-refractivity contribution is 6.31. The highest BCUT2D eigenvalue weighted by atomic mass is 35.5. The van der Waals surface area contributed by atoms with Crippen LogP contribution in [0, 0.1) is 16.0 Å². The van der Waals surface area contributed by atoms with Crippen molar-refractivity contribution < 1.29 is 19.3 Å². The maximum absolute atomic E-state index is 13.5. The molecule has 3 aromatic carbocycles. The standard InChI is InChI=1S/C23H16ClN3O5/c24-15-7-5-10-17(13-15)25-22(28)19-20(14-6-4-11-18(12-14)27(30)31)26(32-21(19)23(25)29)16-8-2-1-3-9-16/h1-13,19-21H/t19-,20+,21-/m1/s1. The summed E-state index contributed by atoms with van der Waals surface area (Å²) in [6.45, 7) is 0. The van der Waals surface area contributed by atoms with Gasteiger partial charge in [-0.05, 0) is 35.9 Å². The van der Waals surface area contributed by atoms with Crippen molar-refractivity contribution in [2.45, 2.75) is 12.1 Å². The Hall–Kier alpha value is -3.75. The predicted octanol–water partition coefficient (Wildman–Crippen LogP) is 4.30. The lowest BCUT2D eigenvalue weighted by Gasteiger charge is -2.28. The number of nitro benzene ring substituents is 1. The van der Waals surface area contributed by atoms with Crippen LogP contribution in [-0.2, 0) is 14.4 Å². The molecule has 0 bridgehead atoms. The number of rotatable bonds is 4. The molecular weight excluding hydrogens is 434 g/mol. The fourth-order valence-corrected chi connectivity index (χ4v) is 4.43. The van der Waals surface area contributed by atoms with E-state index < -0.39 is 34.8 Å². The van der Waals surface area contributed by atoms with Gasteiger partial charge in [-0.15, -0.1) is 0 Å². The molecule has 5 rings (SSSR count). The summed E-state index contributed by atoms with van der Waals surface area (Å²) >= 11 is 6.06. The minimum Gasteiger partial charge on any atom is -0.273 e. The van der Waals surface area contributed by atoms with E-state index in [0.717, 1.165) is 4.90 Å². The molecule has 0 saturated carbocycles. The Morgan fingerprint density at radius 1 is 0.875 bits per heavy atom. The van der Waals surface area contributed by atoms with Crippen LogP contribution in [0.15, 0.2) is 78.9 Å². The van der Waals surface area contributed by atoms with Crippen molar-refractivity contribution in [2.75, 3.05) is 9.96 Å². The first kappa shape index (κ1) is 20.2. The summed E-state index contributed by atoms with van der Waals surface area (Å²) in [6.07, 6.45) is -1.06. The topological polar surface area (TPSA) is 93.0 Å². The molecule has 2 aliphatic heterocycles.